The lowest BCUT2D eigenvalue weighted by molar-refractivity contribution is 0.849. The molecule has 6 nitrogen and oxygen atoms in total. The van der Waals surface area contributed by atoms with E-state index in [4.69, 9.17) is 0 Å². The molecule has 0 aliphatic carbocycles. The van der Waals surface area contributed by atoms with E-state index in [0.29, 0.717) is 5.95 Å². The first kappa shape index (κ1) is 14.3. The van der Waals surface area contributed by atoms with Crippen LogP contribution in [0.4, 0.5) is 5.95 Å². The van der Waals surface area contributed by atoms with E-state index in [1.807, 2.05) is 42.6 Å². The highest BCUT2D eigenvalue weighted by atomic mass is 15.2. The maximum absolute atomic E-state index is 4.55. The largest absolute Gasteiger partial charge is 0.346 e. The second-order valence-electron chi connectivity index (χ2n) is 5.60. The minimum Gasteiger partial charge on any atom is -0.346 e. The van der Waals surface area contributed by atoms with Crippen LogP contribution in [0.2, 0.25) is 0 Å². The van der Waals surface area contributed by atoms with Crippen LogP contribution in [-0.2, 0) is 0 Å². The molecule has 0 saturated heterocycles. The lowest BCUT2D eigenvalue weighted by Gasteiger charge is -2.13. The Morgan fingerprint density at radius 3 is 2.62 bits per heavy atom. The third-order valence-corrected chi connectivity index (χ3v) is 3.93. The molecule has 0 aliphatic rings. The molecule has 2 aromatic heterocycles. The summed E-state index contributed by atoms with van der Waals surface area (Å²) in [5, 5.41) is 18.6. The Bertz CT molecular complexity index is 950. The van der Waals surface area contributed by atoms with Gasteiger partial charge < -0.3 is 5.32 Å². The molecule has 6 heteroatoms. The van der Waals surface area contributed by atoms with Crippen LogP contribution in [0.5, 0.6) is 0 Å². The molecule has 0 spiro atoms. The fourth-order valence-electron chi connectivity index (χ4n) is 2.60. The van der Waals surface area contributed by atoms with Crippen LogP contribution in [0.3, 0.4) is 0 Å². The van der Waals surface area contributed by atoms with Gasteiger partial charge in [0.15, 0.2) is 0 Å². The van der Waals surface area contributed by atoms with E-state index in [-0.39, 0.29) is 6.04 Å². The lowest BCUT2D eigenvalue weighted by atomic mass is 10.1. The molecule has 2 aromatic carbocycles. The average molecular weight is 316 g/mol. The molecule has 0 radical (unpaired) electrons. The molecule has 1 atom stereocenters. The standard InChI is InChI=1S/C18H16N6/c1-12(13-5-3-2-4-6-13)21-18-22-16-8-7-14(9-17(16)23-24-18)15-10-19-20-11-15/h2-12H,1H3,(H,19,20)(H,21,22,24). The second kappa shape index (κ2) is 6.08. The lowest BCUT2D eigenvalue weighted by Crippen LogP contribution is -2.10. The molecule has 4 aromatic rings. The van der Waals surface area contributed by atoms with Gasteiger partial charge in [0.2, 0.25) is 5.95 Å². The van der Waals surface area contributed by atoms with Crippen molar-refractivity contribution in [2.75, 3.05) is 5.32 Å². The highest BCUT2D eigenvalue weighted by molar-refractivity contribution is 5.81. The fraction of sp³-hybridized carbons (Fsp3) is 0.111. The summed E-state index contributed by atoms with van der Waals surface area (Å²) in [5.41, 5.74) is 4.78. The molecule has 4 rings (SSSR count). The quantitative estimate of drug-likeness (QED) is 0.601. The molecule has 0 aliphatic heterocycles. The fourth-order valence-corrected chi connectivity index (χ4v) is 2.60. The van der Waals surface area contributed by atoms with Gasteiger partial charge in [-0.1, -0.05) is 36.4 Å². The van der Waals surface area contributed by atoms with Crippen molar-refractivity contribution in [3.63, 3.8) is 0 Å². The molecule has 118 valence electrons. The van der Waals surface area contributed by atoms with E-state index in [2.05, 4.69) is 49.8 Å². The molecule has 0 amide bonds. The van der Waals surface area contributed by atoms with Gasteiger partial charge in [-0.15, -0.1) is 10.2 Å². The number of fused-ring (bicyclic) bond motifs is 1. The third kappa shape index (κ3) is 2.81. The monoisotopic (exact) mass is 316 g/mol. The van der Waals surface area contributed by atoms with Gasteiger partial charge in [-0.25, -0.2) is 4.98 Å². The van der Waals surface area contributed by atoms with Crippen molar-refractivity contribution in [3.8, 4) is 11.1 Å². The van der Waals surface area contributed by atoms with Gasteiger partial charge in [0.1, 0.15) is 5.52 Å². The van der Waals surface area contributed by atoms with E-state index < -0.39 is 0 Å². The minimum atomic E-state index is 0.107. The van der Waals surface area contributed by atoms with E-state index in [9.17, 15) is 0 Å². The Kier molecular flexibility index (Phi) is 3.63. The van der Waals surface area contributed by atoms with Gasteiger partial charge in [-0.2, -0.15) is 5.10 Å². The van der Waals surface area contributed by atoms with Crippen molar-refractivity contribution in [1.29, 1.82) is 0 Å². The van der Waals surface area contributed by atoms with E-state index in [0.717, 1.165) is 22.2 Å². The summed E-state index contributed by atoms with van der Waals surface area (Å²) in [6, 6.07) is 16.2. The first-order valence-corrected chi connectivity index (χ1v) is 7.75. The third-order valence-electron chi connectivity index (χ3n) is 3.93. The number of anilines is 1. The predicted molar refractivity (Wildman–Crippen MR) is 93.4 cm³/mol. The normalized spacial score (nSPS) is 12.2. The zero-order valence-corrected chi connectivity index (χ0v) is 13.1. The van der Waals surface area contributed by atoms with Crippen molar-refractivity contribution in [3.05, 3.63) is 66.5 Å². The van der Waals surface area contributed by atoms with Crippen molar-refractivity contribution in [1.82, 2.24) is 25.4 Å². The van der Waals surface area contributed by atoms with Crippen molar-refractivity contribution >= 4 is 17.0 Å². The summed E-state index contributed by atoms with van der Waals surface area (Å²) in [5.74, 6) is 0.523. The molecule has 24 heavy (non-hydrogen) atoms. The Hall–Kier alpha value is -3.28. The average Bonchev–Trinajstić information content (AvgIpc) is 3.17. The molecule has 1 unspecified atom stereocenters. The van der Waals surface area contributed by atoms with Crippen molar-refractivity contribution < 1.29 is 0 Å². The Balaban J connectivity index is 1.61. The summed E-state index contributed by atoms with van der Waals surface area (Å²) in [7, 11) is 0. The summed E-state index contributed by atoms with van der Waals surface area (Å²) in [6.07, 6.45) is 3.62. The number of nitrogens with zero attached hydrogens (tertiary/aromatic N) is 4. The smallest absolute Gasteiger partial charge is 0.243 e. The van der Waals surface area contributed by atoms with Crippen LogP contribution in [0.25, 0.3) is 22.2 Å². The van der Waals surface area contributed by atoms with E-state index >= 15 is 0 Å². The van der Waals surface area contributed by atoms with Crippen LogP contribution < -0.4 is 5.32 Å². The Morgan fingerprint density at radius 1 is 0.958 bits per heavy atom. The zero-order valence-electron chi connectivity index (χ0n) is 13.1. The SMILES string of the molecule is CC(Nc1nnc2cc(-c3cn[nH]c3)ccc2n1)c1ccccc1. The number of nitrogens with one attached hydrogen (secondary N) is 2. The zero-order chi connectivity index (χ0) is 16.4. The molecular weight excluding hydrogens is 300 g/mol. The summed E-state index contributed by atoms with van der Waals surface area (Å²) in [4.78, 5) is 4.55. The van der Waals surface area contributed by atoms with Gasteiger partial charge in [0, 0.05) is 11.8 Å². The highest BCUT2D eigenvalue weighted by Gasteiger charge is 2.09. The van der Waals surface area contributed by atoms with Gasteiger partial charge in [0.25, 0.3) is 0 Å². The second-order valence-corrected chi connectivity index (χ2v) is 5.60. The predicted octanol–water partition coefficient (Wildman–Crippen LogP) is 3.59. The van der Waals surface area contributed by atoms with Gasteiger partial charge >= 0.3 is 0 Å². The number of benzene rings is 2. The van der Waals surface area contributed by atoms with Gasteiger partial charge in [0.05, 0.1) is 17.8 Å². The van der Waals surface area contributed by atoms with E-state index in [1.165, 1.54) is 5.56 Å². The van der Waals surface area contributed by atoms with E-state index in [1.54, 1.807) is 6.20 Å². The highest BCUT2D eigenvalue weighted by Crippen LogP contribution is 2.22. The van der Waals surface area contributed by atoms with Crippen LogP contribution in [0, 0.1) is 0 Å². The molecule has 0 saturated carbocycles. The van der Waals surface area contributed by atoms with Crippen LogP contribution >= 0.6 is 0 Å². The van der Waals surface area contributed by atoms with Gasteiger partial charge in [-0.05, 0) is 30.2 Å². The summed E-state index contributed by atoms with van der Waals surface area (Å²) < 4.78 is 0. The van der Waals surface area contributed by atoms with Crippen LogP contribution in [0.15, 0.2) is 60.9 Å². The maximum Gasteiger partial charge on any atom is 0.243 e. The number of H-pyrrole nitrogens is 1. The first-order valence-electron chi connectivity index (χ1n) is 7.75. The molecule has 2 heterocycles. The number of rotatable bonds is 4. The molecule has 0 bridgehead atoms. The number of hydrogen-bond donors (Lipinski definition) is 2. The van der Waals surface area contributed by atoms with Gasteiger partial charge in [-0.3, -0.25) is 5.10 Å². The number of hydrogen-bond acceptors (Lipinski definition) is 5. The molecule has 2 N–H and O–H groups in total. The maximum atomic E-state index is 4.55. The minimum absolute atomic E-state index is 0.107. The summed E-state index contributed by atoms with van der Waals surface area (Å²) >= 11 is 0. The number of aromatic amines is 1. The van der Waals surface area contributed by atoms with Crippen molar-refractivity contribution in [2.24, 2.45) is 0 Å². The van der Waals surface area contributed by atoms with Crippen LogP contribution in [0.1, 0.15) is 18.5 Å². The number of aromatic nitrogens is 5. The molecular formula is C18H16N6. The summed E-state index contributed by atoms with van der Waals surface area (Å²) in [6.45, 7) is 2.07. The topological polar surface area (TPSA) is 79.4 Å². The first-order chi connectivity index (χ1) is 11.8. The van der Waals surface area contributed by atoms with Crippen LogP contribution in [-0.4, -0.2) is 25.4 Å². The Labute approximate surface area is 139 Å². The Morgan fingerprint density at radius 2 is 1.83 bits per heavy atom. The molecule has 0 fully saturated rings. The van der Waals surface area contributed by atoms with Crippen molar-refractivity contribution in [2.45, 2.75) is 13.0 Å².